The van der Waals surface area contributed by atoms with Crippen LogP contribution in [0.2, 0.25) is 0 Å². The van der Waals surface area contributed by atoms with Gasteiger partial charge in [0.1, 0.15) is 12.4 Å². The second kappa shape index (κ2) is 8.90. The number of likely N-dealkylation sites (N-methyl/N-ethyl adjacent to an activating group) is 1. The monoisotopic (exact) mass is 370 g/mol. The van der Waals surface area contributed by atoms with Gasteiger partial charge in [-0.1, -0.05) is 12.1 Å². The summed E-state index contributed by atoms with van der Waals surface area (Å²) in [6.07, 6.45) is 1.60. The summed E-state index contributed by atoms with van der Waals surface area (Å²) in [4.78, 5) is 24.9. The second-order valence-electron chi connectivity index (χ2n) is 6.64. The van der Waals surface area contributed by atoms with E-state index in [2.05, 4.69) is 26.8 Å². The molecule has 8 nitrogen and oxygen atoms in total. The predicted molar refractivity (Wildman–Crippen MR) is 103 cm³/mol. The third-order valence-corrected chi connectivity index (χ3v) is 4.68. The molecule has 1 aromatic heterocycles. The molecule has 4 N–H and O–H groups in total. The Hall–Kier alpha value is -2.55. The first-order valence-electron chi connectivity index (χ1n) is 9.06. The Balaban J connectivity index is 1.65. The molecule has 1 aliphatic heterocycles. The van der Waals surface area contributed by atoms with E-state index < -0.39 is 5.91 Å². The van der Waals surface area contributed by atoms with Gasteiger partial charge in [-0.15, -0.1) is 0 Å². The Morgan fingerprint density at radius 1 is 1.26 bits per heavy atom. The smallest absolute Gasteiger partial charge is 0.269 e. The van der Waals surface area contributed by atoms with Crippen LogP contribution in [0.15, 0.2) is 30.5 Å². The normalized spacial score (nSPS) is 15.6. The zero-order valence-electron chi connectivity index (χ0n) is 15.6. The van der Waals surface area contributed by atoms with Gasteiger partial charge in [-0.05, 0) is 19.2 Å². The first-order valence-corrected chi connectivity index (χ1v) is 9.06. The summed E-state index contributed by atoms with van der Waals surface area (Å²) in [5.74, 6) is 0.122. The van der Waals surface area contributed by atoms with Crippen molar-refractivity contribution in [2.45, 2.75) is 6.54 Å². The van der Waals surface area contributed by atoms with Crippen LogP contribution in [0, 0.1) is 0 Å². The maximum Gasteiger partial charge on any atom is 0.269 e. The third-order valence-electron chi connectivity index (χ3n) is 4.68. The van der Waals surface area contributed by atoms with Crippen molar-refractivity contribution in [2.75, 3.05) is 46.4 Å². The number of carbonyl (C=O) groups is 1. The van der Waals surface area contributed by atoms with Crippen LogP contribution in [0.1, 0.15) is 16.2 Å². The van der Waals surface area contributed by atoms with E-state index in [0.717, 1.165) is 44.0 Å². The molecule has 0 radical (unpaired) electrons. The van der Waals surface area contributed by atoms with Gasteiger partial charge in [0.15, 0.2) is 5.69 Å². The van der Waals surface area contributed by atoms with Crippen LogP contribution in [0.3, 0.4) is 0 Å². The highest BCUT2D eigenvalue weighted by atomic mass is 16.5. The number of benzene rings is 1. The molecular formula is C19H26N6O2. The van der Waals surface area contributed by atoms with Gasteiger partial charge in [0.05, 0.1) is 17.6 Å². The van der Waals surface area contributed by atoms with Crippen LogP contribution in [-0.4, -0.2) is 72.1 Å². The average molecular weight is 370 g/mol. The van der Waals surface area contributed by atoms with Gasteiger partial charge in [0.25, 0.3) is 5.91 Å². The van der Waals surface area contributed by atoms with E-state index in [1.54, 1.807) is 6.20 Å². The average Bonchev–Trinajstić information content (AvgIpc) is 2.69. The largest absolute Gasteiger partial charge is 0.492 e. The lowest BCUT2D eigenvalue weighted by molar-refractivity contribution is 0.0994. The van der Waals surface area contributed by atoms with Crippen molar-refractivity contribution in [1.29, 1.82) is 0 Å². The first kappa shape index (κ1) is 19.2. The van der Waals surface area contributed by atoms with Gasteiger partial charge < -0.3 is 21.1 Å². The number of primary amides is 1. The van der Waals surface area contributed by atoms with Crippen LogP contribution in [0.25, 0.3) is 11.3 Å². The summed E-state index contributed by atoms with van der Waals surface area (Å²) in [5, 5.41) is 0. The van der Waals surface area contributed by atoms with Crippen LogP contribution in [-0.2, 0) is 6.54 Å². The minimum Gasteiger partial charge on any atom is -0.492 e. The number of ether oxygens (including phenoxy) is 1. The summed E-state index contributed by atoms with van der Waals surface area (Å²) in [5.41, 5.74) is 12.8. The van der Waals surface area contributed by atoms with E-state index in [9.17, 15) is 4.79 Å². The summed E-state index contributed by atoms with van der Waals surface area (Å²) in [7, 11) is 2.14. The molecule has 0 saturated carbocycles. The van der Waals surface area contributed by atoms with Crippen molar-refractivity contribution in [2.24, 2.45) is 11.5 Å². The molecule has 0 spiro atoms. The van der Waals surface area contributed by atoms with Gasteiger partial charge in [-0.3, -0.25) is 14.7 Å². The minimum absolute atomic E-state index is 0.108. The molecule has 2 heterocycles. The molecule has 144 valence electrons. The zero-order valence-corrected chi connectivity index (χ0v) is 15.6. The van der Waals surface area contributed by atoms with Crippen molar-refractivity contribution in [3.8, 4) is 17.0 Å². The van der Waals surface area contributed by atoms with Crippen molar-refractivity contribution < 1.29 is 9.53 Å². The summed E-state index contributed by atoms with van der Waals surface area (Å²) in [6.45, 7) is 5.95. The van der Waals surface area contributed by atoms with Crippen LogP contribution in [0.5, 0.6) is 5.75 Å². The number of hydrogen-bond acceptors (Lipinski definition) is 7. The maximum absolute atomic E-state index is 11.6. The van der Waals surface area contributed by atoms with Gasteiger partial charge in [0.2, 0.25) is 0 Å². The Morgan fingerprint density at radius 2 is 2.04 bits per heavy atom. The highest BCUT2D eigenvalue weighted by Gasteiger charge is 2.14. The number of carbonyl (C=O) groups excluding carboxylic acids is 1. The molecule has 0 atom stereocenters. The molecule has 0 bridgehead atoms. The van der Waals surface area contributed by atoms with Gasteiger partial charge in [-0.25, -0.2) is 4.98 Å². The van der Waals surface area contributed by atoms with Crippen LogP contribution in [0.4, 0.5) is 0 Å². The molecule has 0 unspecified atom stereocenters. The van der Waals surface area contributed by atoms with Crippen molar-refractivity contribution >= 4 is 5.91 Å². The van der Waals surface area contributed by atoms with Gasteiger partial charge in [0, 0.05) is 44.8 Å². The lowest BCUT2D eigenvalue weighted by atomic mass is 10.1. The molecular weight excluding hydrogens is 344 g/mol. The number of hydrogen-bond donors (Lipinski definition) is 2. The quantitative estimate of drug-likeness (QED) is 0.722. The van der Waals surface area contributed by atoms with Gasteiger partial charge >= 0.3 is 0 Å². The summed E-state index contributed by atoms with van der Waals surface area (Å²) in [6, 6.07) is 7.58. The van der Waals surface area contributed by atoms with Crippen molar-refractivity contribution in [3.05, 3.63) is 41.9 Å². The Labute approximate surface area is 159 Å². The molecule has 1 saturated heterocycles. The fourth-order valence-electron chi connectivity index (χ4n) is 3.01. The zero-order chi connectivity index (χ0) is 19.2. The van der Waals surface area contributed by atoms with E-state index in [-0.39, 0.29) is 12.2 Å². The summed E-state index contributed by atoms with van der Waals surface area (Å²) >= 11 is 0. The molecule has 8 heteroatoms. The third kappa shape index (κ3) is 5.00. The Kier molecular flexibility index (Phi) is 6.33. The topological polar surface area (TPSA) is 111 Å². The lowest BCUT2D eigenvalue weighted by Crippen LogP contribution is -2.45. The molecule has 0 aliphatic carbocycles. The summed E-state index contributed by atoms with van der Waals surface area (Å²) < 4.78 is 5.91. The predicted octanol–water partition coefficient (Wildman–Crippen LogP) is 0.327. The fourth-order valence-corrected chi connectivity index (χ4v) is 3.01. The standard InChI is InChI=1S/C19H26N6O2/c1-24-5-7-25(8-6-24)9-10-27-15-4-2-3-14(11-15)17-13-22-16(12-20)18(23-17)19(21)26/h2-4,11,13H,5-10,12,20H2,1H3,(H2,21,26). The number of rotatable bonds is 7. The fraction of sp³-hybridized carbons (Fsp3) is 0.421. The number of nitrogens with two attached hydrogens (primary N) is 2. The van der Waals surface area contributed by atoms with Crippen LogP contribution >= 0.6 is 0 Å². The SMILES string of the molecule is CN1CCN(CCOc2cccc(-c3cnc(CN)c(C(N)=O)n3)c2)CC1. The molecule has 3 rings (SSSR count). The number of nitrogens with zero attached hydrogens (tertiary/aromatic N) is 4. The maximum atomic E-state index is 11.6. The Morgan fingerprint density at radius 3 is 2.74 bits per heavy atom. The molecule has 1 amide bonds. The van der Waals surface area contributed by atoms with E-state index in [4.69, 9.17) is 16.2 Å². The number of amides is 1. The molecule has 27 heavy (non-hydrogen) atoms. The molecule has 2 aromatic rings. The lowest BCUT2D eigenvalue weighted by Gasteiger charge is -2.32. The van der Waals surface area contributed by atoms with E-state index in [1.807, 2.05) is 24.3 Å². The number of piperazine rings is 1. The van der Waals surface area contributed by atoms with Crippen LogP contribution < -0.4 is 16.2 Å². The van der Waals surface area contributed by atoms with E-state index in [0.29, 0.717) is 18.0 Å². The van der Waals surface area contributed by atoms with E-state index >= 15 is 0 Å². The molecule has 1 aliphatic rings. The Bertz CT molecular complexity index is 790. The minimum atomic E-state index is -0.635. The van der Waals surface area contributed by atoms with E-state index in [1.165, 1.54) is 0 Å². The molecule has 1 aromatic carbocycles. The highest BCUT2D eigenvalue weighted by Crippen LogP contribution is 2.22. The van der Waals surface area contributed by atoms with Crippen molar-refractivity contribution in [1.82, 2.24) is 19.8 Å². The second-order valence-corrected chi connectivity index (χ2v) is 6.64. The number of aromatic nitrogens is 2. The van der Waals surface area contributed by atoms with Crippen molar-refractivity contribution in [3.63, 3.8) is 0 Å². The highest BCUT2D eigenvalue weighted by molar-refractivity contribution is 5.92. The van der Waals surface area contributed by atoms with Gasteiger partial charge in [-0.2, -0.15) is 0 Å². The molecule has 1 fully saturated rings. The first-order chi connectivity index (χ1) is 13.1.